The zero-order valence-corrected chi connectivity index (χ0v) is 12.9. The largest absolute Gasteiger partial charge is 0.366 e. The first-order valence-corrected chi connectivity index (χ1v) is 7.45. The second-order valence-electron chi connectivity index (χ2n) is 5.08. The number of carbonyl (C=O) groups excluding carboxylic acids is 1. The van der Waals surface area contributed by atoms with E-state index in [1.165, 1.54) is 18.3 Å². The van der Waals surface area contributed by atoms with E-state index in [-0.39, 0.29) is 11.5 Å². The molecule has 0 atom stereocenters. The van der Waals surface area contributed by atoms with Gasteiger partial charge in [-0.05, 0) is 24.1 Å². The van der Waals surface area contributed by atoms with Gasteiger partial charge < -0.3 is 10.6 Å². The third kappa shape index (κ3) is 5.02. The minimum absolute atomic E-state index is 0.00863. The Morgan fingerprint density at radius 3 is 2.48 bits per heavy atom. The van der Waals surface area contributed by atoms with Crippen LogP contribution in [0, 0.1) is 0 Å². The van der Waals surface area contributed by atoms with Crippen molar-refractivity contribution in [2.24, 2.45) is 0 Å². The number of rotatable bonds is 7. The van der Waals surface area contributed by atoms with Crippen molar-refractivity contribution in [2.75, 3.05) is 11.9 Å². The standard InChI is InChI=1S/C17H19F2N3O/c1-2-9-20-17(23)14-7-8-15(22-11-14)21-10-12-3-5-13(6-4-12)16(18)19/h3-8,11,16H,2,9-10H2,1H3,(H,20,23)(H,21,22). The molecule has 4 nitrogen and oxygen atoms in total. The van der Waals surface area contributed by atoms with Gasteiger partial charge in [-0.25, -0.2) is 13.8 Å². The number of aromatic nitrogens is 1. The molecule has 1 amide bonds. The number of amides is 1. The summed E-state index contributed by atoms with van der Waals surface area (Å²) >= 11 is 0. The smallest absolute Gasteiger partial charge is 0.263 e. The quantitative estimate of drug-likeness (QED) is 0.817. The maximum atomic E-state index is 12.5. The van der Waals surface area contributed by atoms with Gasteiger partial charge in [-0.3, -0.25) is 4.79 Å². The Bertz CT molecular complexity index is 627. The molecule has 0 saturated carbocycles. The molecule has 1 heterocycles. The highest BCUT2D eigenvalue weighted by molar-refractivity contribution is 5.93. The van der Waals surface area contributed by atoms with E-state index in [9.17, 15) is 13.6 Å². The molecule has 23 heavy (non-hydrogen) atoms. The highest BCUT2D eigenvalue weighted by atomic mass is 19.3. The fourth-order valence-corrected chi connectivity index (χ4v) is 1.95. The fourth-order valence-electron chi connectivity index (χ4n) is 1.95. The summed E-state index contributed by atoms with van der Waals surface area (Å²) in [6, 6.07) is 9.54. The Morgan fingerprint density at radius 1 is 1.17 bits per heavy atom. The first-order chi connectivity index (χ1) is 11.1. The van der Waals surface area contributed by atoms with Crippen LogP contribution in [0.5, 0.6) is 0 Å². The van der Waals surface area contributed by atoms with Crippen LogP contribution in [0.3, 0.4) is 0 Å². The minimum atomic E-state index is -2.45. The van der Waals surface area contributed by atoms with Crippen molar-refractivity contribution >= 4 is 11.7 Å². The summed E-state index contributed by atoms with van der Waals surface area (Å²) < 4.78 is 24.9. The van der Waals surface area contributed by atoms with E-state index in [0.29, 0.717) is 24.5 Å². The molecule has 2 aromatic rings. The zero-order chi connectivity index (χ0) is 16.7. The molecule has 0 saturated heterocycles. The minimum Gasteiger partial charge on any atom is -0.366 e. The Morgan fingerprint density at radius 2 is 1.91 bits per heavy atom. The molecule has 6 heteroatoms. The predicted octanol–water partition coefficient (Wildman–Crippen LogP) is 3.77. The number of halogens is 2. The van der Waals surface area contributed by atoms with Crippen molar-refractivity contribution in [1.29, 1.82) is 0 Å². The van der Waals surface area contributed by atoms with Crippen LogP contribution >= 0.6 is 0 Å². The third-order valence-corrected chi connectivity index (χ3v) is 3.27. The molecular weight excluding hydrogens is 300 g/mol. The summed E-state index contributed by atoms with van der Waals surface area (Å²) in [5, 5.41) is 5.87. The van der Waals surface area contributed by atoms with Crippen LogP contribution < -0.4 is 10.6 Å². The summed E-state index contributed by atoms with van der Waals surface area (Å²) in [6.45, 7) is 3.09. The molecule has 1 aromatic heterocycles. The number of carbonyl (C=O) groups is 1. The van der Waals surface area contributed by atoms with E-state index < -0.39 is 6.43 Å². The van der Waals surface area contributed by atoms with Gasteiger partial charge in [0.15, 0.2) is 0 Å². The maximum absolute atomic E-state index is 12.5. The lowest BCUT2D eigenvalue weighted by Crippen LogP contribution is -2.24. The van der Waals surface area contributed by atoms with Gasteiger partial charge >= 0.3 is 0 Å². The molecular formula is C17H19F2N3O. The SMILES string of the molecule is CCCNC(=O)c1ccc(NCc2ccc(C(F)F)cc2)nc1. The summed E-state index contributed by atoms with van der Waals surface area (Å²) in [7, 11) is 0. The topological polar surface area (TPSA) is 54.0 Å². The second kappa shape index (κ2) is 8.22. The number of hydrogen-bond donors (Lipinski definition) is 2. The zero-order valence-electron chi connectivity index (χ0n) is 12.9. The van der Waals surface area contributed by atoms with Crippen LogP contribution in [0.2, 0.25) is 0 Å². The van der Waals surface area contributed by atoms with Gasteiger partial charge in [0.05, 0.1) is 5.56 Å². The summed E-state index contributed by atoms with van der Waals surface area (Å²) in [4.78, 5) is 15.9. The summed E-state index contributed by atoms with van der Waals surface area (Å²) in [5.74, 6) is 0.475. The fraction of sp³-hybridized carbons (Fsp3) is 0.294. The molecule has 122 valence electrons. The number of benzene rings is 1. The molecule has 2 rings (SSSR count). The number of pyridine rings is 1. The van der Waals surface area contributed by atoms with Gasteiger partial charge in [0.1, 0.15) is 5.82 Å². The van der Waals surface area contributed by atoms with Crippen LogP contribution in [0.15, 0.2) is 42.6 Å². The van der Waals surface area contributed by atoms with Gasteiger partial charge in [-0.1, -0.05) is 31.2 Å². The number of nitrogens with one attached hydrogen (secondary N) is 2. The number of nitrogens with zero attached hydrogens (tertiary/aromatic N) is 1. The normalized spacial score (nSPS) is 10.6. The van der Waals surface area contributed by atoms with Crippen molar-refractivity contribution in [3.63, 3.8) is 0 Å². The molecule has 0 spiro atoms. The molecule has 0 fully saturated rings. The van der Waals surface area contributed by atoms with Crippen LogP contribution in [0.1, 0.15) is 41.3 Å². The van der Waals surface area contributed by atoms with E-state index in [0.717, 1.165) is 12.0 Å². The lowest BCUT2D eigenvalue weighted by Gasteiger charge is -2.08. The first kappa shape index (κ1) is 16.9. The first-order valence-electron chi connectivity index (χ1n) is 7.45. The second-order valence-corrected chi connectivity index (χ2v) is 5.08. The average Bonchev–Trinajstić information content (AvgIpc) is 2.58. The molecule has 0 radical (unpaired) electrons. The van der Waals surface area contributed by atoms with Crippen LogP contribution in [-0.2, 0) is 6.54 Å². The van der Waals surface area contributed by atoms with Crippen molar-refractivity contribution in [2.45, 2.75) is 26.3 Å². The molecule has 1 aromatic carbocycles. The van der Waals surface area contributed by atoms with E-state index in [4.69, 9.17) is 0 Å². The van der Waals surface area contributed by atoms with Crippen molar-refractivity contribution < 1.29 is 13.6 Å². The number of hydrogen-bond acceptors (Lipinski definition) is 3. The van der Waals surface area contributed by atoms with Gasteiger partial charge in [0, 0.05) is 24.8 Å². The highest BCUT2D eigenvalue weighted by Gasteiger charge is 2.07. The molecule has 0 unspecified atom stereocenters. The Labute approximate surface area is 133 Å². The highest BCUT2D eigenvalue weighted by Crippen LogP contribution is 2.19. The Kier molecular flexibility index (Phi) is 6.02. The monoisotopic (exact) mass is 319 g/mol. The van der Waals surface area contributed by atoms with E-state index in [1.54, 1.807) is 24.3 Å². The average molecular weight is 319 g/mol. The van der Waals surface area contributed by atoms with Crippen molar-refractivity contribution in [3.8, 4) is 0 Å². The molecule has 0 bridgehead atoms. The third-order valence-electron chi connectivity index (χ3n) is 3.27. The van der Waals surface area contributed by atoms with Crippen LogP contribution in [-0.4, -0.2) is 17.4 Å². The molecule has 2 N–H and O–H groups in total. The molecule has 0 aliphatic rings. The van der Waals surface area contributed by atoms with Gasteiger partial charge in [0.2, 0.25) is 0 Å². The number of anilines is 1. The maximum Gasteiger partial charge on any atom is 0.263 e. The summed E-state index contributed by atoms with van der Waals surface area (Å²) in [6.07, 6.45) is -0.0683. The molecule has 0 aliphatic carbocycles. The van der Waals surface area contributed by atoms with Gasteiger partial charge in [-0.15, -0.1) is 0 Å². The Balaban J connectivity index is 1.89. The van der Waals surface area contributed by atoms with E-state index >= 15 is 0 Å². The van der Waals surface area contributed by atoms with Crippen molar-refractivity contribution in [1.82, 2.24) is 10.3 Å². The van der Waals surface area contributed by atoms with Crippen LogP contribution in [0.4, 0.5) is 14.6 Å². The number of alkyl halides is 2. The Hall–Kier alpha value is -2.50. The lowest BCUT2D eigenvalue weighted by molar-refractivity contribution is 0.0953. The van der Waals surface area contributed by atoms with Crippen molar-refractivity contribution in [3.05, 3.63) is 59.3 Å². The lowest BCUT2D eigenvalue weighted by atomic mass is 10.1. The molecule has 0 aliphatic heterocycles. The van der Waals surface area contributed by atoms with E-state index in [2.05, 4.69) is 15.6 Å². The summed E-state index contributed by atoms with van der Waals surface area (Å²) in [5.41, 5.74) is 1.39. The van der Waals surface area contributed by atoms with Gasteiger partial charge in [0.25, 0.3) is 12.3 Å². The predicted molar refractivity (Wildman–Crippen MR) is 85.6 cm³/mol. The van der Waals surface area contributed by atoms with Crippen LogP contribution in [0.25, 0.3) is 0 Å². The van der Waals surface area contributed by atoms with Gasteiger partial charge in [-0.2, -0.15) is 0 Å². The van der Waals surface area contributed by atoms with E-state index in [1.807, 2.05) is 6.92 Å².